The molecule has 2 rings (SSSR count). The van der Waals surface area contributed by atoms with Gasteiger partial charge in [-0.3, -0.25) is 0 Å². The largest absolute Gasteiger partial charge is 0.439 e. The van der Waals surface area contributed by atoms with Gasteiger partial charge >= 0.3 is 0 Å². The minimum Gasteiger partial charge on any atom is -0.439 e. The Morgan fingerprint density at radius 3 is 2.56 bits per heavy atom. The van der Waals surface area contributed by atoms with Crippen LogP contribution in [0.3, 0.4) is 0 Å². The van der Waals surface area contributed by atoms with E-state index in [0.29, 0.717) is 11.4 Å². The smallest absolute Gasteiger partial charge is 0.220 e. The summed E-state index contributed by atoms with van der Waals surface area (Å²) in [5.41, 5.74) is 3.57. The van der Waals surface area contributed by atoms with E-state index in [1.807, 2.05) is 32.9 Å². The summed E-state index contributed by atoms with van der Waals surface area (Å²) in [4.78, 5) is 4.27. The number of hydrogen-bond donors (Lipinski definition) is 0. The van der Waals surface area contributed by atoms with E-state index >= 15 is 0 Å². The number of aromatic nitrogens is 1. The third kappa shape index (κ3) is 2.67. The zero-order valence-corrected chi connectivity index (χ0v) is 10.7. The standard InChI is InChI=1S/C15H14N2O/c1-10-4-5-14(11(2)6-10)18-15-8-13(9-16)7-12(3)17-15/h4-8H,1-3H3. The summed E-state index contributed by atoms with van der Waals surface area (Å²) in [6.45, 7) is 5.87. The third-order valence-corrected chi connectivity index (χ3v) is 2.60. The van der Waals surface area contributed by atoms with E-state index < -0.39 is 0 Å². The molecule has 1 aromatic heterocycles. The molecule has 0 fully saturated rings. The Kier molecular flexibility index (Phi) is 3.29. The fraction of sp³-hybridized carbons (Fsp3) is 0.200. The van der Waals surface area contributed by atoms with Crippen LogP contribution in [0.4, 0.5) is 0 Å². The minimum atomic E-state index is 0.457. The highest BCUT2D eigenvalue weighted by atomic mass is 16.5. The van der Waals surface area contributed by atoms with Crippen LogP contribution in [0, 0.1) is 32.1 Å². The van der Waals surface area contributed by atoms with Crippen LogP contribution in [0.15, 0.2) is 30.3 Å². The average molecular weight is 238 g/mol. The van der Waals surface area contributed by atoms with E-state index in [2.05, 4.69) is 17.1 Å². The predicted molar refractivity (Wildman–Crippen MR) is 69.7 cm³/mol. The molecule has 0 saturated heterocycles. The number of hydrogen-bond acceptors (Lipinski definition) is 3. The lowest BCUT2D eigenvalue weighted by molar-refractivity contribution is 0.458. The second kappa shape index (κ2) is 4.89. The third-order valence-electron chi connectivity index (χ3n) is 2.60. The zero-order valence-electron chi connectivity index (χ0n) is 10.7. The molecular weight excluding hydrogens is 224 g/mol. The van der Waals surface area contributed by atoms with Gasteiger partial charge in [0.25, 0.3) is 0 Å². The number of nitriles is 1. The van der Waals surface area contributed by atoms with Gasteiger partial charge < -0.3 is 4.74 Å². The van der Waals surface area contributed by atoms with Crippen molar-refractivity contribution in [2.24, 2.45) is 0 Å². The lowest BCUT2D eigenvalue weighted by Crippen LogP contribution is -1.93. The first-order chi connectivity index (χ1) is 8.58. The Hall–Kier alpha value is -2.34. The van der Waals surface area contributed by atoms with Gasteiger partial charge in [0.05, 0.1) is 11.6 Å². The normalized spacial score (nSPS) is 9.89. The van der Waals surface area contributed by atoms with Gasteiger partial charge in [-0.25, -0.2) is 4.98 Å². The molecule has 0 aliphatic carbocycles. The molecule has 3 nitrogen and oxygen atoms in total. The molecule has 0 aliphatic heterocycles. The lowest BCUT2D eigenvalue weighted by atomic mass is 10.1. The van der Waals surface area contributed by atoms with Gasteiger partial charge in [0.1, 0.15) is 5.75 Å². The van der Waals surface area contributed by atoms with E-state index in [1.165, 1.54) is 5.56 Å². The Morgan fingerprint density at radius 1 is 1.11 bits per heavy atom. The van der Waals surface area contributed by atoms with Crippen molar-refractivity contribution in [1.82, 2.24) is 4.98 Å². The molecular formula is C15H14N2O. The maximum atomic E-state index is 8.91. The molecule has 0 spiro atoms. The first-order valence-corrected chi connectivity index (χ1v) is 5.72. The maximum absolute atomic E-state index is 8.91. The van der Waals surface area contributed by atoms with Gasteiger partial charge in [-0.15, -0.1) is 0 Å². The number of nitrogens with zero attached hydrogens (tertiary/aromatic N) is 2. The second-order valence-electron chi connectivity index (χ2n) is 4.32. The van der Waals surface area contributed by atoms with E-state index in [1.54, 1.807) is 12.1 Å². The van der Waals surface area contributed by atoms with E-state index in [-0.39, 0.29) is 0 Å². The SMILES string of the molecule is Cc1ccc(Oc2cc(C#N)cc(C)n2)c(C)c1. The fourth-order valence-corrected chi connectivity index (χ4v) is 1.78. The Bertz CT molecular complexity index is 627. The predicted octanol–water partition coefficient (Wildman–Crippen LogP) is 3.67. The molecule has 0 saturated carbocycles. The number of aryl methyl sites for hydroxylation is 3. The van der Waals surface area contributed by atoms with Gasteiger partial charge in [-0.2, -0.15) is 5.26 Å². The molecule has 18 heavy (non-hydrogen) atoms. The number of rotatable bonds is 2. The van der Waals surface area contributed by atoms with Gasteiger partial charge in [-0.1, -0.05) is 17.7 Å². The van der Waals surface area contributed by atoms with Gasteiger partial charge in [0.15, 0.2) is 0 Å². The average Bonchev–Trinajstić information content (AvgIpc) is 2.32. The van der Waals surface area contributed by atoms with Gasteiger partial charge in [-0.05, 0) is 38.5 Å². The van der Waals surface area contributed by atoms with E-state index in [0.717, 1.165) is 17.0 Å². The number of ether oxygens (including phenoxy) is 1. The first kappa shape index (κ1) is 12.1. The maximum Gasteiger partial charge on any atom is 0.220 e. The van der Waals surface area contributed by atoms with Crippen LogP contribution < -0.4 is 4.74 Å². The highest BCUT2D eigenvalue weighted by Gasteiger charge is 2.05. The van der Waals surface area contributed by atoms with Crippen LogP contribution in [0.5, 0.6) is 11.6 Å². The van der Waals surface area contributed by atoms with Crippen molar-refractivity contribution in [3.8, 4) is 17.7 Å². The summed E-state index contributed by atoms with van der Waals surface area (Å²) in [5.74, 6) is 1.22. The van der Waals surface area contributed by atoms with Gasteiger partial charge in [0, 0.05) is 11.8 Å². The Balaban J connectivity index is 2.34. The highest BCUT2D eigenvalue weighted by molar-refractivity contribution is 5.40. The quantitative estimate of drug-likeness (QED) is 0.801. The van der Waals surface area contributed by atoms with Crippen LogP contribution in [0.1, 0.15) is 22.4 Å². The van der Waals surface area contributed by atoms with Crippen LogP contribution in [0.2, 0.25) is 0 Å². The van der Waals surface area contributed by atoms with Crippen molar-refractivity contribution in [2.75, 3.05) is 0 Å². The molecule has 0 radical (unpaired) electrons. The van der Waals surface area contributed by atoms with Crippen molar-refractivity contribution in [2.45, 2.75) is 20.8 Å². The molecule has 2 aromatic rings. The molecule has 0 atom stereocenters. The second-order valence-corrected chi connectivity index (χ2v) is 4.32. The van der Waals surface area contributed by atoms with Gasteiger partial charge in [0.2, 0.25) is 5.88 Å². The van der Waals surface area contributed by atoms with Crippen molar-refractivity contribution in [3.63, 3.8) is 0 Å². The summed E-state index contributed by atoms with van der Waals surface area (Å²) in [7, 11) is 0. The van der Waals surface area contributed by atoms with Crippen LogP contribution in [-0.2, 0) is 0 Å². The first-order valence-electron chi connectivity index (χ1n) is 5.72. The van der Waals surface area contributed by atoms with E-state index in [4.69, 9.17) is 10.00 Å². The molecule has 90 valence electrons. The fourth-order valence-electron chi connectivity index (χ4n) is 1.78. The Morgan fingerprint density at radius 2 is 1.89 bits per heavy atom. The number of pyridine rings is 1. The zero-order chi connectivity index (χ0) is 13.1. The summed E-state index contributed by atoms with van der Waals surface area (Å²) < 4.78 is 5.73. The molecule has 3 heteroatoms. The molecule has 0 bridgehead atoms. The molecule has 0 amide bonds. The molecule has 1 aromatic carbocycles. The summed E-state index contributed by atoms with van der Waals surface area (Å²) in [6, 6.07) is 11.4. The van der Waals surface area contributed by atoms with Crippen molar-refractivity contribution in [1.29, 1.82) is 5.26 Å². The van der Waals surface area contributed by atoms with Crippen molar-refractivity contribution < 1.29 is 4.74 Å². The lowest BCUT2D eigenvalue weighted by Gasteiger charge is -2.09. The highest BCUT2D eigenvalue weighted by Crippen LogP contribution is 2.25. The minimum absolute atomic E-state index is 0.457. The van der Waals surface area contributed by atoms with Crippen LogP contribution in [-0.4, -0.2) is 4.98 Å². The molecule has 0 aliphatic rings. The number of benzene rings is 1. The van der Waals surface area contributed by atoms with Crippen molar-refractivity contribution >= 4 is 0 Å². The summed E-state index contributed by atoms with van der Waals surface area (Å²) in [6.07, 6.45) is 0. The van der Waals surface area contributed by atoms with E-state index in [9.17, 15) is 0 Å². The summed E-state index contributed by atoms with van der Waals surface area (Å²) >= 11 is 0. The monoisotopic (exact) mass is 238 g/mol. The topological polar surface area (TPSA) is 45.9 Å². The van der Waals surface area contributed by atoms with Crippen molar-refractivity contribution in [3.05, 3.63) is 52.7 Å². The Labute approximate surface area is 107 Å². The summed E-state index contributed by atoms with van der Waals surface area (Å²) in [5, 5.41) is 8.91. The van der Waals surface area contributed by atoms with Crippen LogP contribution >= 0.6 is 0 Å². The molecule has 0 unspecified atom stereocenters. The molecule has 0 N–H and O–H groups in total. The van der Waals surface area contributed by atoms with Crippen LogP contribution in [0.25, 0.3) is 0 Å². The molecule has 1 heterocycles.